The number of ether oxygens (including phenoxy) is 1. The molecule has 2 heterocycles. The lowest BCUT2D eigenvalue weighted by atomic mass is 9.73. The first-order valence-electron chi connectivity index (χ1n) is 9.39. The third-order valence-corrected chi connectivity index (χ3v) is 5.41. The number of carbonyl (C=O) groups excluding carboxylic acids is 1. The second-order valence-corrected chi connectivity index (χ2v) is 9.17. The molecule has 0 bridgehead atoms. The molecule has 1 fully saturated rings. The molecule has 142 valence electrons. The number of benzene rings is 1. The van der Waals surface area contributed by atoms with Crippen LogP contribution in [0.4, 0.5) is 10.5 Å². The molecule has 1 saturated heterocycles. The Kier molecular flexibility index (Phi) is 4.64. The molecular weight excluding hydrogens is 329 g/mol. The van der Waals surface area contributed by atoms with Crippen LogP contribution in [0, 0.1) is 0 Å². The number of nitrogens with zero attached hydrogens (tertiary/aromatic N) is 1. The summed E-state index contributed by atoms with van der Waals surface area (Å²) in [5, 5.41) is 0. The molecule has 1 aromatic carbocycles. The molecule has 0 aromatic heterocycles. The monoisotopic (exact) mass is 359 g/mol. The third-order valence-electron chi connectivity index (χ3n) is 5.41. The van der Waals surface area contributed by atoms with Gasteiger partial charge in [0.1, 0.15) is 5.60 Å². The summed E-state index contributed by atoms with van der Waals surface area (Å²) in [5.41, 5.74) is 1.73. The molecule has 0 aliphatic carbocycles. The minimum absolute atomic E-state index is 0.301. The zero-order valence-electron chi connectivity index (χ0n) is 17.0. The predicted octanol–water partition coefficient (Wildman–Crippen LogP) is 3.67. The van der Waals surface area contributed by atoms with E-state index in [1.807, 2.05) is 39.0 Å². The van der Waals surface area contributed by atoms with E-state index in [9.17, 15) is 4.79 Å². The first kappa shape index (κ1) is 19.2. The average molecular weight is 359 g/mol. The van der Waals surface area contributed by atoms with Gasteiger partial charge in [0.15, 0.2) is 0 Å². The number of hydrogen-bond acceptors (Lipinski definition) is 4. The van der Waals surface area contributed by atoms with E-state index in [1.54, 1.807) is 4.90 Å². The molecule has 0 saturated carbocycles. The summed E-state index contributed by atoms with van der Waals surface area (Å²) in [6, 6.07) is 5.98. The van der Waals surface area contributed by atoms with E-state index in [-0.39, 0.29) is 17.3 Å². The molecule has 0 N–H and O–H groups in total. The van der Waals surface area contributed by atoms with Crippen LogP contribution in [0.3, 0.4) is 0 Å². The maximum Gasteiger partial charge on any atom is 0.495 e. The number of carbonyl (C=O) groups is 1. The first-order valence-corrected chi connectivity index (χ1v) is 9.39. The van der Waals surface area contributed by atoms with Crippen LogP contribution in [-0.2, 0) is 20.5 Å². The Morgan fingerprint density at radius 3 is 2.35 bits per heavy atom. The largest absolute Gasteiger partial charge is 0.495 e. The summed E-state index contributed by atoms with van der Waals surface area (Å²) in [6.45, 7) is 14.5. The van der Waals surface area contributed by atoms with Crippen LogP contribution >= 0.6 is 0 Å². The van der Waals surface area contributed by atoms with Gasteiger partial charge in [-0.3, -0.25) is 4.90 Å². The van der Waals surface area contributed by atoms with Gasteiger partial charge in [-0.25, -0.2) is 4.79 Å². The molecule has 5 nitrogen and oxygen atoms in total. The summed E-state index contributed by atoms with van der Waals surface area (Å²) in [6.07, 6.45) is 1.49. The van der Waals surface area contributed by atoms with E-state index >= 15 is 0 Å². The fourth-order valence-corrected chi connectivity index (χ4v) is 3.35. The molecule has 6 heteroatoms. The highest BCUT2D eigenvalue weighted by atomic mass is 16.7. The van der Waals surface area contributed by atoms with E-state index in [2.05, 4.69) is 27.7 Å². The fourth-order valence-electron chi connectivity index (χ4n) is 3.35. The van der Waals surface area contributed by atoms with Crippen LogP contribution in [0.2, 0.25) is 0 Å². The van der Waals surface area contributed by atoms with E-state index in [1.165, 1.54) is 0 Å². The van der Waals surface area contributed by atoms with Gasteiger partial charge in [-0.05, 0) is 78.4 Å². The van der Waals surface area contributed by atoms with E-state index in [4.69, 9.17) is 14.0 Å². The number of rotatable bonds is 1. The second kappa shape index (κ2) is 6.27. The van der Waals surface area contributed by atoms with Gasteiger partial charge in [-0.1, -0.05) is 12.1 Å². The molecule has 0 atom stereocenters. The molecule has 0 spiro atoms. The van der Waals surface area contributed by atoms with Gasteiger partial charge in [-0.15, -0.1) is 0 Å². The Bertz CT molecular complexity index is 692. The highest BCUT2D eigenvalue weighted by molar-refractivity contribution is 6.62. The number of hydrogen-bond donors (Lipinski definition) is 0. The van der Waals surface area contributed by atoms with Crippen LogP contribution in [0.1, 0.15) is 60.5 Å². The average Bonchev–Trinajstić information content (AvgIpc) is 2.72. The molecule has 26 heavy (non-hydrogen) atoms. The summed E-state index contributed by atoms with van der Waals surface area (Å²) in [4.78, 5) is 14.4. The maximum absolute atomic E-state index is 12.7. The third kappa shape index (κ3) is 3.49. The maximum atomic E-state index is 12.7. The Balaban J connectivity index is 1.93. The van der Waals surface area contributed by atoms with Gasteiger partial charge in [-0.2, -0.15) is 0 Å². The molecule has 0 radical (unpaired) electrons. The minimum Gasteiger partial charge on any atom is -0.443 e. The Labute approximate surface area is 157 Å². The number of amides is 1. The molecule has 1 amide bonds. The van der Waals surface area contributed by atoms with Crippen molar-refractivity contribution >= 4 is 24.4 Å². The zero-order chi connectivity index (χ0) is 19.3. The van der Waals surface area contributed by atoms with Gasteiger partial charge in [0.05, 0.1) is 11.2 Å². The first-order chi connectivity index (χ1) is 11.9. The van der Waals surface area contributed by atoms with Crippen molar-refractivity contribution in [2.24, 2.45) is 0 Å². The van der Waals surface area contributed by atoms with Crippen LogP contribution in [0.25, 0.3) is 0 Å². The summed E-state index contributed by atoms with van der Waals surface area (Å²) >= 11 is 0. The van der Waals surface area contributed by atoms with Crippen molar-refractivity contribution in [3.8, 4) is 0 Å². The van der Waals surface area contributed by atoms with Crippen molar-refractivity contribution < 1.29 is 18.8 Å². The van der Waals surface area contributed by atoms with Crippen molar-refractivity contribution in [3.63, 3.8) is 0 Å². The van der Waals surface area contributed by atoms with Crippen LogP contribution in [-0.4, -0.2) is 36.6 Å². The van der Waals surface area contributed by atoms with Crippen LogP contribution < -0.4 is 10.4 Å². The lowest BCUT2D eigenvalue weighted by molar-refractivity contribution is 0.00578. The normalized spacial score (nSPS) is 21.5. The van der Waals surface area contributed by atoms with Crippen LogP contribution in [0.15, 0.2) is 18.2 Å². The topological polar surface area (TPSA) is 48.0 Å². The Morgan fingerprint density at radius 1 is 1.15 bits per heavy atom. The van der Waals surface area contributed by atoms with Crippen molar-refractivity contribution in [3.05, 3.63) is 23.8 Å². The molecule has 3 rings (SSSR count). The van der Waals surface area contributed by atoms with E-state index < -0.39 is 12.7 Å². The number of anilines is 1. The Hall–Kier alpha value is -1.53. The Morgan fingerprint density at radius 2 is 1.77 bits per heavy atom. The van der Waals surface area contributed by atoms with Gasteiger partial charge in [0.2, 0.25) is 0 Å². The summed E-state index contributed by atoms with van der Waals surface area (Å²) in [5.74, 6) is 0. The lowest BCUT2D eigenvalue weighted by Gasteiger charge is -2.33. The molecule has 2 aliphatic rings. The summed E-state index contributed by atoms with van der Waals surface area (Å²) in [7, 11) is -0.423. The minimum atomic E-state index is -0.516. The molecule has 2 aliphatic heterocycles. The van der Waals surface area contributed by atoms with Crippen molar-refractivity contribution in [1.82, 2.24) is 0 Å². The second-order valence-electron chi connectivity index (χ2n) is 9.17. The predicted molar refractivity (Wildman–Crippen MR) is 104 cm³/mol. The van der Waals surface area contributed by atoms with Gasteiger partial charge >= 0.3 is 13.2 Å². The van der Waals surface area contributed by atoms with Gasteiger partial charge in [0, 0.05) is 12.2 Å². The quantitative estimate of drug-likeness (QED) is 0.718. The molecule has 0 unspecified atom stereocenters. The van der Waals surface area contributed by atoms with Gasteiger partial charge < -0.3 is 14.0 Å². The van der Waals surface area contributed by atoms with Crippen molar-refractivity contribution in [2.75, 3.05) is 11.4 Å². The highest BCUT2D eigenvalue weighted by Crippen LogP contribution is 2.38. The van der Waals surface area contributed by atoms with E-state index in [0.717, 1.165) is 29.6 Å². The van der Waals surface area contributed by atoms with E-state index in [0.29, 0.717) is 6.54 Å². The summed E-state index contributed by atoms with van der Waals surface area (Å²) < 4.78 is 18.1. The smallest absolute Gasteiger partial charge is 0.443 e. The van der Waals surface area contributed by atoms with Crippen molar-refractivity contribution in [1.29, 1.82) is 0 Å². The standard InChI is InChI=1S/C20H30BNO4/c1-18(2,3)24-17(23)22-13-9-10-14-15(11-8-12-16(14)22)21-25-19(4,5)20(6,7)26-21/h8,11-12H,9-10,13H2,1-7H3. The number of fused-ring (bicyclic) bond motifs is 1. The molecule has 1 aromatic rings. The lowest BCUT2D eigenvalue weighted by Crippen LogP contribution is -2.43. The highest BCUT2D eigenvalue weighted by Gasteiger charge is 2.52. The SMILES string of the molecule is CC(C)(C)OC(=O)N1CCCc2c(B3OC(C)(C)C(C)(C)O3)cccc21. The molecular formula is C20H30BNO4. The fraction of sp³-hybridized carbons (Fsp3) is 0.650. The van der Waals surface area contributed by atoms with Crippen LogP contribution in [0.5, 0.6) is 0 Å². The van der Waals surface area contributed by atoms with Crippen molar-refractivity contribution in [2.45, 2.75) is 78.1 Å². The van der Waals surface area contributed by atoms with Gasteiger partial charge in [0.25, 0.3) is 0 Å². The zero-order valence-corrected chi connectivity index (χ0v) is 17.0.